The highest BCUT2D eigenvalue weighted by atomic mass is 16.4. The van der Waals surface area contributed by atoms with Crippen molar-refractivity contribution in [1.82, 2.24) is 5.32 Å². The standard InChI is InChI=1S/C10H15N3O/c11-10(13-14)6-7-12-8-9-4-2-1-3-5-9/h1-5,12,14H,6-8H2,(H2,11,13). The molecule has 0 atom stereocenters. The fourth-order valence-electron chi connectivity index (χ4n) is 1.10. The van der Waals surface area contributed by atoms with Gasteiger partial charge in [-0.25, -0.2) is 0 Å². The molecule has 1 aromatic rings. The van der Waals surface area contributed by atoms with Gasteiger partial charge in [0.25, 0.3) is 0 Å². The highest BCUT2D eigenvalue weighted by molar-refractivity contribution is 5.79. The summed E-state index contributed by atoms with van der Waals surface area (Å²) < 4.78 is 0. The van der Waals surface area contributed by atoms with Gasteiger partial charge in [0.1, 0.15) is 5.84 Å². The van der Waals surface area contributed by atoms with E-state index in [0.717, 1.165) is 6.54 Å². The van der Waals surface area contributed by atoms with Gasteiger partial charge in [0, 0.05) is 19.5 Å². The number of oxime groups is 1. The van der Waals surface area contributed by atoms with Crippen LogP contribution in [0.2, 0.25) is 0 Å². The summed E-state index contributed by atoms with van der Waals surface area (Å²) in [6, 6.07) is 10.1. The smallest absolute Gasteiger partial charge is 0.140 e. The van der Waals surface area contributed by atoms with E-state index in [1.807, 2.05) is 18.2 Å². The SMILES string of the molecule is N/C(CCNCc1ccccc1)=N\O. The highest BCUT2D eigenvalue weighted by Gasteiger charge is 1.93. The second-order valence-corrected chi connectivity index (χ2v) is 3.00. The highest BCUT2D eigenvalue weighted by Crippen LogP contribution is 1.96. The van der Waals surface area contributed by atoms with Crippen LogP contribution in [0.25, 0.3) is 0 Å². The second kappa shape index (κ2) is 5.99. The summed E-state index contributed by atoms with van der Waals surface area (Å²) in [5.41, 5.74) is 6.54. The van der Waals surface area contributed by atoms with E-state index in [2.05, 4.69) is 22.6 Å². The molecule has 0 bridgehead atoms. The lowest BCUT2D eigenvalue weighted by Crippen LogP contribution is -2.21. The van der Waals surface area contributed by atoms with Crippen LogP contribution in [0.5, 0.6) is 0 Å². The minimum atomic E-state index is 0.255. The van der Waals surface area contributed by atoms with Gasteiger partial charge < -0.3 is 16.3 Å². The molecule has 0 amide bonds. The van der Waals surface area contributed by atoms with Gasteiger partial charge in [0.2, 0.25) is 0 Å². The number of rotatable bonds is 5. The fraction of sp³-hybridized carbons (Fsp3) is 0.300. The first-order valence-electron chi connectivity index (χ1n) is 4.54. The molecule has 14 heavy (non-hydrogen) atoms. The summed E-state index contributed by atoms with van der Waals surface area (Å²) in [6.45, 7) is 1.52. The number of amidine groups is 1. The van der Waals surface area contributed by atoms with Crippen molar-refractivity contribution in [3.05, 3.63) is 35.9 Å². The van der Waals surface area contributed by atoms with Gasteiger partial charge in [-0.05, 0) is 5.56 Å². The van der Waals surface area contributed by atoms with E-state index in [1.54, 1.807) is 0 Å². The van der Waals surface area contributed by atoms with E-state index in [9.17, 15) is 0 Å². The normalized spacial score (nSPS) is 11.6. The van der Waals surface area contributed by atoms with Gasteiger partial charge in [-0.1, -0.05) is 35.5 Å². The Morgan fingerprint density at radius 3 is 2.71 bits per heavy atom. The molecule has 0 saturated carbocycles. The maximum atomic E-state index is 8.29. The van der Waals surface area contributed by atoms with Gasteiger partial charge >= 0.3 is 0 Å². The van der Waals surface area contributed by atoms with Gasteiger partial charge in [0.15, 0.2) is 0 Å². The van der Waals surface area contributed by atoms with E-state index in [0.29, 0.717) is 13.0 Å². The summed E-state index contributed by atoms with van der Waals surface area (Å²) in [5.74, 6) is 0.255. The van der Waals surface area contributed by atoms with Gasteiger partial charge in [-0.15, -0.1) is 0 Å². The Kier molecular flexibility index (Phi) is 4.50. The summed E-state index contributed by atoms with van der Waals surface area (Å²) >= 11 is 0. The third-order valence-corrected chi connectivity index (χ3v) is 1.86. The van der Waals surface area contributed by atoms with Crippen LogP contribution in [0.1, 0.15) is 12.0 Å². The van der Waals surface area contributed by atoms with Crippen LogP contribution >= 0.6 is 0 Å². The molecule has 0 unspecified atom stereocenters. The predicted octanol–water partition coefficient (Wildman–Crippen LogP) is 0.913. The number of hydrogen-bond acceptors (Lipinski definition) is 3. The zero-order valence-corrected chi connectivity index (χ0v) is 7.98. The van der Waals surface area contributed by atoms with E-state index < -0.39 is 0 Å². The summed E-state index contributed by atoms with van der Waals surface area (Å²) in [7, 11) is 0. The van der Waals surface area contributed by atoms with Crippen molar-refractivity contribution in [2.45, 2.75) is 13.0 Å². The fourth-order valence-corrected chi connectivity index (χ4v) is 1.10. The van der Waals surface area contributed by atoms with E-state index >= 15 is 0 Å². The van der Waals surface area contributed by atoms with Crippen molar-refractivity contribution in [3.8, 4) is 0 Å². The van der Waals surface area contributed by atoms with Crippen molar-refractivity contribution in [3.63, 3.8) is 0 Å². The molecule has 0 saturated heterocycles. The van der Waals surface area contributed by atoms with Gasteiger partial charge in [0.05, 0.1) is 0 Å². The number of hydrogen-bond donors (Lipinski definition) is 3. The minimum absolute atomic E-state index is 0.255. The van der Waals surface area contributed by atoms with Gasteiger partial charge in [-0.2, -0.15) is 0 Å². The molecule has 4 nitrogen and oxygen atoms in total. The molecule has 0 radical (unpaired) electrons. The van der Waals surface area contributed by atoms with Crippen LogP contribution in [0.15, 0.2) is 35.5 Å². The Morgan fingerprint density at radius 2 is 2.07 bits per heavy atom. The van der Waals surface area contributed by atoms with E-state index in [4.69, 9.17) is 10.9 Å². The number of nitrogens with zero attached hydrogens (tertiary/aromatic N) is 1. The van der Waals surface area contributed by atoms with E-state index in [1.165, 1.54) is 5.56 Å². The molecule has 1 rings (SSSR count). The molecular formula is C10H15N3O. The third kappa shape index (κ3) is 3.91. The van der Waals surface area contributed by atoms with E-state index in [-0.39, 0.29) is 5.84 Å². The second-order valence-electron chi connectivity index (χ2n) is 3.00. The average Bonchev–Trinajstić information content (AvgIpc) is 2.25. The molecule has 0 heterocycles. The van der Waals surface area contributed by atoms with Crippen LogP contribution in [0.4, 0.5) is 0 Å². The Labute approximate surface area is 83.4 Å². The molecule has 76 valence electrons. The molecule has 0 aromatic heterocycles. The van der Waals surface area contributed by atoms with Crippen molar-refractivity contribution in [2.24, 2.45) is 10.9 Å². The van der Waals surface area contributed by atoms with Crippen LogP contribution in [-0.4, -0.2) is 17.6 Å². The summed E-state index contributed by atoms with van der Waals surface area (Å²) in [5, 5.41) is 14.4. The zero-order chi connectivity index (χ0) is 10.2. The van der Waals surface area contributed by atoms with Crippen LogP contribution in [-0.2, 0) is 6.54 Å². The number of nitrogens with two attached hydrogens (primary N) is 1. The Bertz CT molecular complexity index is 285. The van der Waals surface area contributed by atoms with Crippen LogP contribution in [0.3, 0.4) is 0 Å². The lowest BCUT2D eigenvalue weighted by atomic mass is 10.2. The Balaban J connectivity index is 2.17. The maximum Gasteiger partial charge on any atom is 0.140 e. The monoisotopic (exact) mass is 193 g/mol. The maximum absolute atomic E-state index is 8.29. The topological polar surface area (TPSA) is 70.6 Å². The number of benzene rings is 1. The largest absolute Gasteiger partial charge is 0.409 e. The first-order valence-corrected chi connectivity index (χ1v) is 4.54. The first-order chi connectivity index (χ1) is 6.83. The quantitative estimate of drug-likeness (QED) is 0.214. The Hall–Kier alpha value is -1.55. The van der Waals surface area contributed by atoms with Crippen molar-refractivity contribution in [1.29, 1.82) is 0 Å². The summed E-state index contributed by atoms with van der Waals surface area (Å²) in [6.07, 6.45) is 0.559. The molecule has 0 aliphatic carbocycles. The molecule has 0 spiro atoms. The first kappa shape index (κ1) is 10.5. The number of nitrogens with one attached hydrogen (secondary N) is 1. The van der Waals surface area contributed by atoms with Crippen LogP contribution in [0, 0.1) is 0 Å². The third-order valence-electron chi connectivity index (χ3n) is 1.86. The van der Waals surface area contributed by atoms with Gasteiger partial charge in [-0.3, -0.25) is 0 Å². The average molecular weight is 193 g/mol. The molecule has 4 N–H and O–H groups in total. The van der Waals surface area contributed by atoms with Crippen molar-refractivity contribution >= 4 is 5.84 Å². The molecule has 0 aliphatic heterocycles. The predicted molar refractivity (Wildman–Crippen MR) is 56.2 cm³/mol. The molecule has 4 heteroatoms. The summed E-state index contributed by atoms with van der Waals surface area (Å²) in [4.78, 5) is 0. The molecule has 0 fully saturated rings. The lowest BCUT2D eigenvalue weighted by Gasteiger charge is -2.03. The van der Waals surface area contributed by atoms with Crippen molar-refractivity contribution < 1.29 is 5.21 Å². The lowest BCUT2D eigenvalue weighted by molar-refractivity contribution is 0.316. The molecule has 1 aromatic carbocycles. The van der Waals surface area contributed by atoms with Crippen molar-refractivity contribution in [2.75, 3.05) is 6.54 Å². The molecular weight excluding hydrogens is 178 g/mol. The minimum Gasteiger partial charge on any atom is -0.409 e. The Morgan fingerprint density at radius 1 is 1.36 bits per heavy atom. The zero-order valence-electron chi connectivity index (χ0n) is 7.98. The van der Waals surface area contributed by atoms with Crippen LogP contribution < -0.4 is 11.1 Å². The molecule has 0 aliphatic rings.